The van der Waals surface area contributed by atoms with Crippen molar-refractivity contribution in [3.63, 3.8) is 0 Å². The number of aromatic nitrogens is 2. The van der Waals surface area contributed by atoms with Gasteiger partial charge in [0.1, 0.15) is 22.7 Å². The largest absolute Gasteiger partial charge is 0.497 e. The summed E-state index contributed by atoms with van der Waals surface area (Å²) in [5.41, 5.74) is 4.60. The van der Waals surface area contributed by atoms with Gasteiger partial charge in [-0.3, -0.25) is 0 Å². The van der Waals surface area contributed by atoms with Gasteiger partial charge in [0.25, 0.3) is 0 Å². The molecule has 0 aliphatic carbocycles. The molecule has 0 fully saturated rings. The minimum atomic E-state index is 0.426. The minimum Gasteiger partial charge on any atom is -0.497 e. The molecule has 4 aromatic rings. The summed E-state index contributed by atoms with van der Waals surface area (Å²) in [6.45, 7) is 4.40. The van der Waals surface area contributed by atoms with E-state index < -0.39 is 0 Å². The van der Waals surface area contributed by atoms with Gasteiger partial charge >= 0.3 is 0 Å². The van der Waals surface area contributed by atoms with Gasteiger partial charge < -0.3 is 10.1 Å². The summed E-state index contributed by atoms with van der Waals surface area (Å²) in [6, 6.07) is 16.5. The van der Waals surface area contributed by atoms with E-state index in [4.69, 9.17) is 4.74 Å². The van der Waals surface area contributed by atoms with Crippen LogP contribution in [0.25, 0.3) is 21.3 Å². The summed E-state index contributed by atoms with van der Waals surface area (Å²) in [6.07, 6.45) is 1.62. The lowest BCUT2D eigenvalue weighted by molar-refractivity contribution is 0.415. The van der Waals surface area contributed by atoms with Gasteiger partial charge in [0.05, 0.1) is 12.5 Å². The molecule has 0 atom stereocenters. The number of hydrogen-bond acceptors (Lipinski definition) is 5. The number of hydrogen-bond donors (Lipinski definition) is 1. The van der Waals surface area contributed by atoms with E-state index in [0.717, 1.165) is 38.6 Å². The number of thiophene rings is 1. The number of anilines is 2. The fourth-order valence-corrected chi connectivity index (χ4v) is 4.11. The van der Waals surface area contributed by atoms with Gasteiger partial charge in [0.2, 0.25) is 0 Å². The average Bonchev–Trinajstić information content (AvgIpc) is 3.13. The van der Waals surface area contributed by atoms with Gasteiger partial charge in [-0.2, -0.15) is 0 Å². The second-order valence-electron chi connectivity index (χ2n) is 6.65. The lowest BCUT2D eigenvalue weighted by Crippen LogP contribution is -2.00. The molecule has 0 radical (unpaired) electrons. The van der Waals surface area contributed by atoms with Crippen LogP contribution in [-0.2, 0) is 0 Å². The highest BCUT2D eigenvalue weighted by Crippen LogP contribution is 2.38. The zero-order valence-corrected chi connectivity index (χ0v) is 16.4. The Morgan fingerprint density at radius 2 is 1.78 bits per heavy atom. The van der Waals surface area contributed by atoms with Crippen LogP contribution >= 0.6 is 11.3 Å². The van der Waals surface area contributed by atoms with Crippen molar-refractivity contribution in [3.8, 4) is 16.9 Å². The second kappa shape index (κ2) is 7.37. The van der Waals surface area contributed by atoms with Gasteiger partial charge in [0.15, 0.2) is 0 Å². The van der Waals surface area contributed by atoms with Crippen molar-refractivity contribution in [1.82, 2.24) is 9.97 Å². The summed E-state index contributed by atoms with van der Waals surface area (Å²) >= 11 is 1.63. The first-order chi connectivity index (χ1) is 13.2. The molecular weight excluding hydrogens is 354 g/mol. The fourth-order valence-electron chi connectivity index (χ4n) is 3.19. The molecule has 4 rings (SSSR count). The van der Waals surface area contributed by atoms with Crippen LogP contribution in [0.3, 0.4) is 0 Å². The molecule has 4 nitrogen and oxygen atoms in total. The molecule has 0 aliphatic heterocycles. The van der Waals surface area contributed by atoms with Crippen molar-refractivity contribution in [2.45, 2.75) is 19.8 Å². The predicted octanol–water partition coefficient (Wildman–Crippen LogP) is 6.23. The molecule has 2 heterocycles. The first-order valence-electron chi connectivity index (χ1n) is 8.90. The first kappa shape index (κ1) is 17.5. The Balaban J connectivity index is 1.81. The molecular formula is C22H21N3OS. The van der Waals surface area contributed by atoms with Gasteiger partial charge in [-0.25, -0.2) is 9.97 Å². The summed E-state index contributed by atoms with van der Waals surface area (Å²) < 4.78 is 5.28. The number of rotatable bonds is 5. The van der Waals surface area contributed by atoms with Crippen LogP contribution in [0, 0.1) is 0 Å². The monoisotopic (exact) mass is 375 g/mol. The maximum atomic E-state index is 5.28. The maximum absolute atomic E-state index is 5.28. The van der Waals surface area contributed by atoms with E-state index in [1.165, 1.54) is 5.56 Å². The van der Waals surface area contributed by atoms with Gasteiger partial charge in [0, 0.05) is 16.6 Å². The molecule has 0 unspecified atom stereocenters. The number of para-hydroxylation sites is 1. The van der Waals surface area contributed by atoms with Crippen molar-refractivity contribution in [1.29, 1.82) is 0 Å². The highest BCUT2D eigenvalue weighted by Gasteiger charge is 2.15. The summed E-state index contributed by atoms with van der Waals surface area (Å²) in [7, 11) is 1.68. The molecule has 5 heteroatoms. The average molecular weight is 375 g/mol. The van der Waals surface area contributed by atoms with E-state index in [2.05, 4.69) is 64.8 Å². The Morgan fingerprint density at radius 1 is 1.00 bits per heavy atom. The smallest absolute Gasteiger partial charge is 0.143 e. The van der Waals surface area contributed by atoms with E-state index in [1.807, 2.05) is 18.2 Å². The molecule has 2 aromatic carbocycles. The zero-order valence-electron chi connectivity index (χ0n) is 15.6. The van der Waals surface area contributed by atoms with Crippen molar-refractivity contribution < 1.29 is 4.74 Å². The molecule has 1 N–H and O–H groups in total. The van der Waals surface area contributed by atoms with E-state index >= 15 is 0 Å². The van der Waals surface area contributed by atoms with Gasteiger partial charge in [-0.15, -0.1) is 11.3 Å². The van der Waals surface area contributed by atoms with Crippen molar-refractivity contribution in [2.75, 3.05) is 12.4 Å². The van der Waals surface area contributed by atoms with Crippen LogP contribution in [0.15, 0.2) is 60.2 Å². The van der Waals surface area contributed by atoms with Crippen LogP contribution in [0.2, 0.25) is 0 Å². The summed E-state index contributed by atoms with van der Waals surface area (Å²) in [5.74, 6) is 2.11. The Hall–Kier alpha value is -2.92. The van der Waals surface area contributed by atoms with Gasteiger partial charge in [-0.1, -0.05) is 44.2 Å². The normalized spacial score (nSPS) is 11.1. The number of benzene rings is 2. The molecule has 0 saturated carbocycles. The maximum Gasteiger partial charge on any atom is 0.143 e. The molecule has 0 amide bonds. The van der Waals surface area contributed by atoms with Gasteiger partial charge in [-0.05, 0) is 35.2 Å². The third kappa shape index (κ3) is 3.38. The van der Waals surface area contributed by atoms with E-state index in [1.54, 1.807) is 24.8 Å². The molecule has 0 bridgehead atoms. The lowest BCUT2D eigenvalue weighted by Gasteiger charge is -2.15. The summed E-state index contributed by atoms with van der Waals surface area (Å²) in [4.78, 5) is 9.99. The topological polar surface area (TPSA) is 47.0 Å². The molecule has 0 spiro atoms. The fraction of sp³-hybridized carbons (Fsp3) is 0.182. The Morgan fingerprint density at radius 3 is 2.52 bits per heavy atom. The Bertz CT molecular complexity index is 1070. The minimum absolute atomic E-state index is 0.426. The third-order valence-corrected chi connectivity index (χ3v) is 5.49. The SMILES string of the molecule is COc1ccc(-c2csc3ncnc(Nc4ccccc4C(C)C)c23)cc1. The predicted molar refractivity (Wildman–Crippen MR) is 113 cm³/mol. The highest BCUT2D eigenvalue weighted by atomic mass is 32.1. The number of methoxy groups -OCH3 is 1. The Labute approximate surface area is 162 Å². The number of fused-ring (bicyclic) bond motifs is 1. The molecule has 27 heavy (non-hydrogen) atoms. The van der Waals surface area contributed by atoms with Crippen LogP contribution < -0.4 is 10.1 Å². The van der Waals surface area contributed by atoms with E-state index in [-0.39, 0.29) is 0 Å². The first-order valence-corrected chi connectivity index (χ1v) is 9.78. The number of ether oxygens (including phenoxy) is 1. The lowest BCUT2D eigenvalue weighted by atomic mass is 10.0. The Kier molecular flexibility index (Phi) is 4.77. The van der Waals surface area contributed by atoms with Crippen molar-refractivity contribution >= 4 is 33.1 Å². The van der Waals surface area contributed by atoms with Crippen LogP contribution in [-0.4, -0.2) is 17.1 Å². The van der Waals surface area contributed by atoms with Crippen molar-refractivity contribution in [2.24, 2.45) is 0 Å². The second-order valence-corrected chi connectivity index (χ2v) is 7.51. The molecule has 2 aromatic heterocycles. The van der Waals surface area contributed by atoms with Crippen LogP contribution in [0.1, 0.15) is 25.3 Å². The number of nitrogens with one attached hydrogen (secondary N) is 1. The molecule has 0 aliphatic rings. The quantitative estimate of drug-likeness (QED) is 0.449. The van der Waals surface area contributed by atoms with Crippen LogP contribution in [0.5, 0.6) is 5.75 Å². The third-order valence-electron chi connectivity index (χ3n) is 4.61. The highest BCUT2D eigenvalue weighted by molar-refractivity contribution is 7.17. The number of nitrogens with zero attached hydrogens (tertiary/aromatic N) is 2. The van der Waals surface area contributed by atoms with Crippen molar-refractivity contribution in [3.05, 3.63) is 65.8 Å². The standard InChI is InChI=1S/C22H21N3OS/c1-14(2)17-6-4-5-7-19(17)25-21-20-18(12-27-22(20)24-13-23-21)15-8-10-16(26-3)11-9-15/h4-14H,1-3H3,(H,23,24,25). The summed E-state index contributed by atoms with van der Waals surface area (Å²) in [5, 5.41) is 6.73. The van der Waals surface area contributed by atoms with E-state index in [0.29, 0.717) is 5.92 Å². The molecule has 136 valence electrons. The van der Waals surface area contributed by atoms with E-state index in [9.17, 15) is 0 Å². The zero-order chi connectivity index (χ0) is 18.8. The van der Waals surface area contributed by atoms with Crippen LogP contribution in [0.4, 0.5) is 11.5 Å². The molecule has 0 saturated heterocycles.